The Morgan fingerprint density at radius 2 is 2.03 bits per heavy atom. The van der Waals surface area contributed by atoms with Crippen molar-refractivity contribution in [2.24, 2.45) is 0 Å². The molecule has 1 saturated heterocycles. The Morgan fingerprint density at radius 3 is 2.70 bits per heavy atom. The lowest BCUT2D eigenvalue weighted by Gasteiger charge is -2.26. The third-order valence-corrected chi connectivity index (χ3v) is 5.26. The smallest absolute Gasteiger partial charge is 0.325 e. The summed E-state index contributed by atoms with van der Waals surface area (Å²) in [5.74, 6) is 0.713. The number of urea groups is 1. The van der Waals surface area contributed by atoms with Crippen LogP contribution in [0.1, 0.15) is 11.3 Å². The van der Waals surface area contributed by atoms with Gasteiger partial charge in [-0.05, 0) is 30.7 Å². The van der Waals surface area contributed by atoms with E-state index < -0.39 is 6.03 Å². The van der Waals surface area contributed by atoms with Crippen LogP contribution in [0.3, 0.4) is 0 Å². The van der Waals surface area contributed by atoms with Gasteiger partial charge < -0.3 is 20.1 Å². The number of carbonyl (C=O) groups excluding carboxylic acids is 1. The van der Waals surface area contributed by atoms with Crippen molar-refractivity contribution in [1.82, 2.24) is 20.2 Å². The van der Waals surface area contributed by atoms with Gasteiger partial charge >= 0.3 is 6.03 Å². The summed E-state index contributed by atoms with van der Waals surface area (Å²) in [6.07, 6.45) is 3.31. The Balaban J connectivity index is 0.00000385. The molecule has 178 valence electrons. The molecule has 1 aliphatic rings. The Hall–Kier alpha value is -2.68. The lowest BCUT2D eigenvalue weighted by atomic mass is 10.1. The number of nitrogens with one attached hydrogen (secondary N) is 3. The molecule has 1 aromatic carbocycles. The van der Waals surface area contributed by atoms with Crippen molar-refractivity contribution in [3.05, 3.63) is 40.8 Å². The molecule has 2 aromatic rings. The van der Waals surface area contributed by atoms with Crippen LogP contribution in [0.2, 0.25) is 5.02 Å². The molecule has 0 unspecified atom stereocenters. The summed E-state index contributed by atoms with van der Waals surface area (Å²) in [7, 11) is 1.53. The standard InChI is InChI=1S/C21H26ClN7O3.ClH/c1-31-19-10-15(2-3-24-4-5-29-6-8-32-9-7-29)17(22)11-18(19)27-21(30)28-20-14-25-16(12-23)13-26-20;/h10-11,13-14,24H,2-9H2,1H3,(H2,26,27,28,30);1H. The van der Waals surface area contributed by atoms with Crippen molar-refractivity contribution in [3.63, 3.8) is 0 Å². The van der Waals surface area contributed by atoms with E-state index in [2.05, 4.69) is 30.8 Å². The van der Waals surface area contributed by atoms with Gasteiger partial charge in [-0.25, -0.2) is 14.8 Å². The molecule has 0 radical (unpaired) electrons. The Labute approximate surface area is 204 Å². The van der Waals surface area contributed by atoms with Crippen molar-refractivity contribution in [2.75, 3.05) is 63.7 Å². The number of ether oxygens (including phenoxy) is 2. The van der Waals surface area contributed by atoms with Crippen LogP contribution in [0.15, 0.2) is 24.5 Å². The molecule has 2 heterocycles. The summed E-state index contributed by atoms with van der Waals surface area (Å²) in [4.78, 5) is 22.5. The minimum atomic E-state index is -0.532. The van der Waals surface area contributed by atoms with E-state index in [-0.39, 0.29) is 23.9 Å². The monoisotopic (exact) mass is 495 g/mol. The van der Waals surface area contributed by atoms with Crippen LogP contribution in [-0.2, 0) is 11.2 Å². The SMILES string of the molecule is COc1cc(CCNCCN2CCOCC2)c(Cl)cc1NC(=O)Nc1cnc(C#N)cn1.Cl. The summed E-state index contributed by atoms with van der Waals surface area (Å²) in [6.45, 7) is 6.21. The molecule has 0 saturated carbocycles. The number of halogens is 2. The minimum Gasteiger partial charge on any atom is -0.495 e. The summed E-state index contributed by atoms with van der Waals surface area (Å²) >= 11 is 6.44. The number of nitriles is 1. The van der Waals surface area contributed by atoms with Crippen LogP contribution >= 0.6 is 24.0 Å². The molecule has 10 nitrogen and oxygen atoms in total. The van der Waals surface area contributed by atoms with E-state index in [9.17, 15) is 4.79 Å². The van der Waals surface area contributed by atoms with Crippen LogP contribution in [0.25, 0.3) is 0 Å². The van der Waals surface area contributed by atoms with Crippen molar-refractivity contribution >= 4 is 41.5 Å². The molecule has 3 rings (SSSR count). The van der Waals surface area contributed by atoms with E-state index in [1.807, 2.05) is 12.1 Å². The number of rotatable bonds is 9. The highest BCUT2D eigenvalue weighted by molar-refractivity contribution is 6.31. The van der Waals surface area contributed by atoms with Crippen LogP contribution in [0, 0.1) is 11.3 Å². The van der Waals surface area contributed by atoms with E-state index in [1.54, 1.807) is 6.07 Å². The zero-order valence-electron chi connectivity index (χ0n) is 18.3. The van der Waals surface area contributed by atoms with E-state index in [4.69, 9.17) is 26.3 Å². The summed E-state index contributed by atoms with van der Waals surface area (Å²) < 4.78 is 10.8. The molecule has 2 amide bonds. The van der Waals surface area contributed by atoms with E-state index >= 15 is 0 Å². The summed E-state index contributed by atoms with van der Waals surface area (Å²) in [5.41, 5.74) is 1.52. The molecular weight excluding hydrogens is 469 g/mol. The van der Waals surface area contributed by atoms with Gasteiger partial charge in [0.1, 0.15) is 11.8 Å². The number of hydrogen-bond acceptors (Lipinski definition) is 8. The minimum absolute atomic E-state index is 0. The van der Waals surface area contributed by atoms with Gasteiger partial charge in [-0.2, -0.15) is 5.26 Å². The third kappa shape index (κ3) is 8.31. The highest BCUT2D eigenvalue weighted by atomic mass is 35.5. The molecule has 12 heteroatoms. The molecule has 0 spiro atoms. The molecular formula is C21H27Cl2N7O3. The number of aromatic nitrogens is 2. The van der Waals surface area contributed by atoms with Gasteiger partial charge in [-0.1, -0.05) is 11.6 Å². The average Bonchev–Trinajstić information content (AvgIpc) is 2.81. The molecule has 0 atom stereocenters. The summed E-state index contributed by atoms with van der Waals surface area (Å²) in [5, 5.41) is 18.0. The van der Waals surface area contributed by atoms with Gasteiger partial charge in [-0.15, -0.1) is 12.4 Å². The zero-order valence-corrected chi connectivity index (χ0v) is 19.8. The Bertz CT molecular complexity index is 948. The Kier molecular flexibility index (Phi) is 11.1. The normalized spacial score (nSPS) is 13.5. The Morgan fingerprint density at radius 1 is 1.24 bits per heavy atom. The number of carbonyl (C=O) groups is 1. The van der Waals surface area contributed by atoms with E-state index in [0.717, 1.165) is 57.9 Å². The lowest BCUT2D eigenvalue weighted by molar-refractivity contribution is 0.0385. The largest absolute Gasteiger partial charge is 0.495 e. The number of nitrogens with zero attached hydrogens (tertiary/aromatic N) is 4. The number of morpholine rings is 1. The zero-order chi connectivity index (χ0) is 22.8. The topological polar surface area (TPSA) is 124 Å². The fraction of sp³-hybridized carbons (Fsp3) is 0.429. The van der Waals surface area contributed by atoms with Gasteiger partial charge in [-0.3, -0.25) is 10.2 Å². The molecule has 1 aliphatic heterocycles. The maximum atomic E-state index is 12.3. The second-order valence-corrected chi connectivity index (χ2v) is 7.48. The maximum absolute atomic E-state index is 12.3. The molecule has 1 aromatic heterocycles. The average molecular weight is 496 g/mol. The fourth-order valence-corrected chi connectivity index (χ4v) is 3.44. The van der Waals surface area contributed by atoms with E-state index in [0.29, 0.717) is 16.5 Å². The van der Waals surface area contributed by atoms with Crippen molar-refractivity contribution in [2.45, 2.75) is 6.42 Å². The molecule has 0 aliphatic carbocycles. The number of hydrogen-bond donors (Lipinski definition) is 3. The van der Waals surface area contributed by atoms with E-state index in [1.165, 1.54) is 19.5 Å². The number of amides is 2. The molecule has 33 heavy (non-hydrogen) atoms. The van der Waals surface area contributed by atoms with Crippen LogP contribution in [0.5, 0.6) is 5.75 Å². The predicted molar refractivity (Wildman–Crippen MR) is 128 cm³/mol. The molecule has 3 N–H and O–H groups in total. The number of benzene rings is 1. The quantitative estimate of drug-likeness (QED) is 0.453. The van der Waals surface area contributed by atoms with Crippen LogP contribution in [-0.4, -0.2) is 73.9 Å². The van der Waals surface area contributed by atoms with Gasteiger partial charge in [0.2, 0.25) is 0 Å². The first-order chi connectivity index (χ1) is 15.6. The van der Waals surface area contributed by atoms with Gasteiger partial charge in [0.25, 0.3) is 0 Å². The molecule has 0 bridgehead atoms. The second-order valence-electron chi connectivity index (χ2n) is 7.08. The van der Waals surface area contributed by atoms with Gasteiger partial charge in [0.05, 0.1) is 38.4 Å². The van der Waals surface area contributed by atoms with Crippen LogP contribution < -0.4 is 20.7 Å². The summed E-state index contributed by atoms with van der Waals surface area (Å²) in [6, 6.07) is 4.82. The first-order valence-electron chi connectivity index (χ1n) is 10.3. The number of anilines is 2. The van der Waals surface area contributed by atoms with Crippen molar-refractivity contribution in [3.8, 4) is 11.8 Å². The first kappa shape index (κ1) is 26.6. The number of methoxy groups -OCH3 is 1. The lowest BCUT2D eigenvalue weighted by Crippen LogP contribution is -2.40. The first-order valence-corrected chi connectivity index (χ1v) is 10.6. The maximum Gasteiger partial charge on any atom is 0.325 e. The van der Waals surface area contributed by atoms with Crippen LogP contribution in [0.4, 0.5) is 16.3 Å². The second kappa shape index (κ2) is 13.8. The van der Waals surface area contributed by atoms with Crippen molar-refractivity contribution in [1.29, 1.82) is 5.26 Å². The highest BCUT2D eigenvalue weighted by Crippen LogP contribution is 2.31. The van der Waals surface area contributed by atoms with Gasteiger partial charge in [0.15, 0.2) is 11.5 Å². The molecule has 1 fully saturated rings. The van der Waals surface area contributed by atoms with Gasteiger partial charge in [0, 0.05) is 31.2 Å². The highest BCUT2D eigenvalue weighted by Gasteiger charge is 2.13. The fourth-order valence-electron chi connectivity index (χ4n) is 3.18. The van der Waals surface area contributed by atoms with Crippen molar-refractivity contribution < 1.29 is 14.3 Å². The third-order valence-electron chi connectivity index (χ3n) is 4.90. The predicted octanol–water partition coefficient (Wildman–Crippen LogP) is 2.54.